The molecule has 0 saturated heterocycles. The zero-order chi connectivity index (χ0) is 37.8. The summed E-state index contributed by atoms with van der Waals surface area (Å²) < 4.78 is 2.48. The number of hydrogen-bond donors (Lipinski definition) is 0. The molecule has 1 aromatic heterocycles. The third-order valence-electron chi connectivity index (χ3n) is 12.8. The number of anilines is 3. The molecule has 1 heterocycles. The number of hydrogen-bond acceptors (Lipinski definition) is 1. The van der Waals surface area contributed by atoms with Crippen LogP contribution in [0, 0.1) is 0 Å². The van der Waals surface area contributed by atoms with Gasteiger partial charge in [-0.2, -0.15) is 0 Å². The molecule has 0 amide bonds. The lowest BCUT2D eigenvalue weighted by molar-refractivity contribution is 0.660. The molecular formula is C54H42N2. The maximum atomic E-state index is 2.49. The van der Waals surface area contributed by atoms with Crippen molar-refractivity contribution in [3.8, 4) is 39.1 Å². The van der Waals surface area contributed by atoms with E-state index in [9.17, 15) is 0 Å². The quantitative estimate of drug-likeness (QED) is 0.172. The lowest BCUT2D eigenvalue weighted by Crippen LogP contribution is -2.18. The smallest absolute Gasteiger partial charge is 0.0543 e. The zero-order valence-corrected chi connectivity index (χ0v) is 32.2. The van der Waals surface area contributed by atoms with Gasteiger partial charge < -0.3 is 9.47 Å². The predicted octanol–water partition coefficient (Wildman–Crippen LogP) is 14.5. The van der Waals surface area contributed by atoms with E-state index in [1.807, 2.05) is 0 Å². The van der Waals surface area contributed by atoms with Crippen molar-refractivity contribution in [2.24, 2.45) is 0 Å². The Labute approximate surface area is 328 Å². The van der Waals surface area contributed by atoms with Crippen molar-refractivity contribution in [1.82, 2.24) is 4.57 Å². The molecule has 0 fully saturated rings. The second kappa shape index (κ2) is 11.9. The van der Waals surface area contributed by atoms with Crippen molar-refractivity contribution in [2.75, 3.05) is 4.90 Å². The second-order valence-electron chi connectivity index (χ2n) is 16.5. The number of fused-ring (bicyclic) bond motifs is 9. The standard InChI is InChI=1S/C54H42N2/c1-53(2)44-23-12-8-20-39(44)40-31-29-36(33-46(40)53)55(48-25-13-9-19-38(48)35-17-6-5-7-18-35)37-30-32-43-47(34-37)54(3,4)45-24-16-28-51(52(43)45)56-49-26-14-10-21-41(49)42-22-11-15-27-50(42)56/h5-34H,1-4H3. The minimum Gasteiger partial charge on any atom is -0.310 e. The summed E-state index contributed by atoms with van der Waals surface area (Å²) in [5.41, 5.74) is 20.0. The Balaban J connectivity index is 1.14. The Morgan fingerprint density at radius 1 is 0.393 bits per heavy atom. The third kappa shape index (κ3) is 4.56. The minimum atomic E-state index is -0.221. The van der Waals surface area contributed by atoms with Gasteiger partial charge in [-0.15, -0.1) is 0 Å². The van der Waals surface area contributed by atoms with Gasteiger partial charge in [-0.1, -0.05) is 161 Å². The monoisotopic (exact) mass is 718 g/mol. The van der Waals surface area contributed by atoms with Crippen LogP contribution in [0.15, 0.2) is 182 Å². The van der Waals surface area contributed by atoms with Crippen molar-refractivity contribution >= 4 is 38.9 Å². The van der Waals surface area contributed by atoms with E-state index in [4.69, 9.17) is 0 Å². The van der Waals surface area contributed by atoms with Gasteiger partial charge in [-0.3, -0.25) is 0 Å². The van der Waals surface area contributed by atoms with Crippen LogP contribution in [0.2, 0.25) is 0 Å². The molecule has 0 spiro atoms. The predicted molar refractivity (Wildman–Crippen MR) is 236 cm³/mol. The van der Waals surface area contributed by atoms with Gasteiger partial charge in [0.15, 0.2) is 0 Å². The molecule has 2 aliphatic rings. The first kappa shape index (κ1) is 32.8. The molecule has 0 saturated carbocycles. The maximum Gasteiger partial charge on any atom is 0.0543 e. The molecule has 0 atom stereocenters. The van der Waals surface area contributed by atoms with Crippen LogP contribution >= 0.6 is 0 Å². The summed E-state index contributed by atoms with van der Waals surface area (Å²) >= 11 is 0. The molecule has 0 radical (unpaired) electrons. The molecule has 8 aromatic carbocycles. The molecule has 56 heavy (non-hydrogen) atoms. The van der Waals surface area contributed by atoms with Crippen molar-refractivity contribution in [3.63, 3.8) is 0 Å². The van der Waals surface area contributed by atoms with Crippen molar-refractivity contribution in [1.29, 1.82) is 0 Å². The topological polar surface area (TPSA) is 8.17 Å². The largest absolute Gasteiger partial charge is 0.310 e. The lowest BCUT2D eigenvalue weighted by atomic mass is 9.82. The van der Waals surface area contributed by atoms with Crippen LogP contribution in [0.3, 0.4) is 0 Å². The zero-order valence-electron chi connectivity index (χ0n) is 32.2. The Morgan fingerprint density at radius 2 is 0.911 bits per heavy atom. The summed E-state index contributed by atoms with van der Waals surface area (Å²) in [4.78, 5) is 2.49. The fourth-order valence-corrected chi connectivity index (χ4v) is 10.1. The Hall–Kier alpha value is -6.64. The summed E-state index contributed by atoms with van der Waals surface area (Å²) in [5.74, 6) is 0. The second-order valence-corrected chi connectivity index (χ2v) is 16.5. The van der Waals surface area contributed by atoms with E-state index >= 15 is 0 Å². The fraction of sp³-hybridized carbons (Fsp3) is 0.111. The van der Waals surface area contributed by atoms with E-state index in [2.05, 4.69) is 219 Å². The summed E-state index contributed by atoms with van der Waals surface area (Å²) in [6.07, 6.45) is 0. The van der Waals surface area contributed by atoms with E-state index in [0.717, 1.165) is 17.1 Å². The van der Waals surface area contributed by atoms with Gasteiger partial charge in [0.05, 0.1) is 22.4 Å². The number of rotatable bonds is 5. The summed E-state index contributed by atoms with van der Waals surface area (Å²) in [7, 11) is 0. The molecule has 2 nitrogen and oxygen atoms in total. The normalized spacial score (nSPS) is 14.4. The summed E-state index contributed by atoms with van der Waals surface area (Å²) in [5, 5.41) is 2.56. The minimum absolute atomic E-state index is 0.114. The van der Waals surface area contributed by atoms with Gasteiger partial charge in [0.2, 0.25) is 0 Å². The van der Waals surface area contributed by atoms with Gasteiger partial charge in [0.25, 0.3) is 0 Å². The van der Waals surface area contributed by atoms with E-state index in [-0.39, 0.29) is 10.8 Å². The molecule has 268 valence electrons. The summed E-state index contributed by atoms with van der Waals surface area (Å²) in [6, 6.07) is 67.5. The SMILES string of the molecule is CC1(C)c2ccccc2-c2ccc(N(c3ccc4c(c3)C(C)(C)c3cccc(-n5c6ccccc6c6ccccc65)c3-4)c3ccccc3-c3ccccc3)cc21. The fourth-order valence-electron chi connectivity index (χ4n) is 10.1. The van der Waals surface area contributed by atoms with E-state index in [1.165, 1.54) is 83.1 Å². The Kier molecular flexibility index (Phi) is 6.98. The number of nitrogens with zero attached hydrogens (tertiary/aromatic N) is 2. The van der Waals surface area contributed by atoms with E-state index < -0.39 is 0 Å². The average Bonchev–Trinajstić information content (AvgIpc) is 3.78. The van der Waals surface area contributed by atoms with Crippen LogP contribution in [0.25, 0.3) is 60.9 Å². The highest BCUT2D eigenvalue weighted by molar-refractivity contribution is 6.10. The number of aromatic nitrogens is 1. The van der Waals surface area contributed by atoms with Gasteiger partial charge >= 0.3 is 0 Å². The summed E-state index contributed by atoms with van der Waals surface area (Å²) in [6.45, 7) is 9.53. The molecule has 0 N–H and O–H groups in total. The van der Waals surface area contributed by atoms with Gasteiger partial charge in [-0.25, -0.2) is 0 Å². The average molecular weight is 719 g/mol. The third-order valence-corrected chi connectivity index (χ3v) is 12.8. The highest BCUT2D eigenvalue weighted by atomic mass is 15.1. The molecule has 2 heteroatoms. The van der Waals surface area contributed by atoms with Crippen molar-refractivity contribution in [2.45, 2.75) is 38.5 Å². The van der Waals surface area contributed by atoms with Crippen LogP contribution in [-0.2, 0) is 10.8 Å². The van der Waals surface area contributed by atoms with Crippen LogP contribution in [-0.4, -0.2) is 4.57 Å². The van der Waals surface area contributed by atoms with Crippen LogP contribution in [0.4, 0.5) is 17.1 Å². The van der Waals surface area contributed by atoms with Crippen LogP contribution in [0.1, 0.15) is 49.9 Å². The Bertz CT molecular complexity index is 2980. The number of benzene rings is 8. The Morgan fingerprint density at radius 3 is 1.62 bits per heavy atom. The van der Waals surface area contributed by atoms with Gasteiger partial charge in [0.1, 0.15) is 0 Å². The first-order valence-electron chi connectivity index (χ1n) is 19.8. The first-order chi connectivity index (χ1) is 27.3. The maximum absolute atomic E-state index is 2.49. The van der Waals surface area contributed by atoms with E-state index in [1.54, 1.807) is 0 Å². The lowest BCUT2D eigenvalue weighted by Gasteiger charge is -2.31. The molecule has 11 rings (SSSR count). The first-order valence-corrected chi connectivity index (χ1v) is 19.8. The molecular weight excluding hydrogens is 677 g/mol. The van der Waals surface area contributed by atoms with Crippen molar-refractivity contribution in [3.05, 3.63) is 204 Å². The van der Waals surface area contributed by atoms with Crippen molar-refractivity contribution < 1.29 is 0 Å². The molecule has 2 aliphatic carbocycles. The molecule has 9 aromatic rings. The highest BCUT2D eigenvalue weighted by Gasteiger charge is 2.39. The van der Waals surface area contributed by atoms with Crippen LogP contribution in [0.5, 0.6) is 0 Å². The molecule has 0 bridgehead atoms. The van der Waals surface area contributed by atoms with E-state index in [0.29, 0.717) is 0 Å². The van der Waals surface area contributed by atoms with Crippen LogP contribution < -0.4 is 4.90 Å². The molecule has 0 unspecified atom stereocenters. The number of para-hydroxylation sites is 3. The van der Waals surface area contributed by atoms with Gasteiger partial charge in [-0.05, 0) is 93.0 Å². The van der Waals surface area contributed by atoms with Gasteiger partial charge in [0, 0.05) is 44.1 Å². The molecule has 0 aliphatic heterocycles. The highest BCUT2D eigenvalue weighted by Crippen LogP contribution is 2.55.